The molecule has 0 aromatic heterocycles. The molecule has 2 aliphatic rings. The summed E-state index contributed by atoms with van der Waals surface area (Å²) in [6, 6.07) is 0.997. The third-order valence-electron chi connectivity index (χ3n) is 4.98. The van der Waals surface area contributed by atoms with E-state index in [9.17, 15) is 4.79 Å². The minimum atomic E-state index is 0.310. The summed E-state index contributed by atoms with van der Waals surface area (Å²) in [5.41, 5.74) is 0. The highest BCUT2D eigenvalue weighted by Gasteiger charge is 2.31. The van der Waals surface area contributed by atoms with Crippen LogP contribution in [0, 0.1) is 0 Å². The highest BCUT2D eigenvalue weighted by Crippen LogP contribution is 2.30. The molecule has 2 saturated carbocycles. The predicted octanol–water partition coefficient (Wildman–Crippen LogP) is 2.72. The molecule has 4 heteroatoms. The summed E-state index contributed by atoms with van der Waals surface area (Å²) >= 11 is 0. The number of ether oxygens (including phenoxy) is 1. The third kappa shape index (κ3) is 5.26. The molecule has 2 rings (SSSR count). The molecule has 0 aromatic carbocycles. The second-order valence-corrected chi connectivity index (χ2v) is 6.55. The molecule has 0 radical (unpaired) electrons. The Morgan fingerprint density at radius 1 is 1.00 bits per heavy atom. The molecule has 0 spiro atoms. The van der Waals surface area contributed by atoms with Gasteiger partial charge in [-0.05, 0) is 25.7 Å². The lowest BCUT2D eigenvalue weighted by molar-refractivity contribution is -0.137. The van der Waals surface area contributed by atoms with Crippen LogP contribution < -0.4 is 5.32 Å². The van der Waals surface area contributed by atoms with Gasteiger partial charge < -0.3 is 15.0 Å². The fourth-order valence-corrected chi connectivity index (χ4v) is 3.88. The first-order valence-electron chi connectivity index (χ1n) is 8.83. The minimum absolute atomic E-state index is 0.310. The second kappa shape index (κ2) is 9.42. The smallest absolute Gasteiger partial charge is 0.237 e. The molecule has 0 aliphatic heterocycles. The number of nitrogens with zero attached hydrogens (tertiary/aromatic N) is 1. The van der Waals surface area contributed by atoms with Gasteiger partial charge in [-0.1, -0.05) is 38.5 Å². The summed E-state index contributed by atoms with van der Waals surface area (Å²) in [7, 11) is 1.69. The highest BCUT2D eigenvalue weighted by atomic mass is 16.5. The van der Waals surface area contributed by atoms with Crippen molar-refractivity contribution in [3.63, 3.8) is 0 Å². The number of hydrogen-bond donors (Lipinski definition) is 1. The van der Waals surface area contributed by atoms with Crippen LogP contribution in [0.15, 0.2) is 0 Å². The maximum absolute atomic E-state index is 12.7. The van der Waals surface area contributed by atoms with E-state index in [0.29, 0.717) is 31.1 Å². The molecule has 0 atom stereocenters. The van der Waals surface area contributed by atoms with Crippen LogP contribution in [0.25, 0.3) is 0 Å². The topological polar surface area (TPSA) is 41.6 Å². The third-order valence-corrected chi connectivity index (χ3v) is 4.98. The van der Waals surface area contributed by atoms with Gasteiger partial charge in [0, 0.05) is 25.7 Å². The van der Waals surface area contributed by atoms with Crippen LogP contribution in [0.2, 0.25) is 0 Å². The van der Waals surface area contributed by atoms with Gasteiger partial charge in [0.15, 0.2) is 0 Å². The molecule has 0 saturated heterocycles. The molecule has 2 fully saturated rings. The molecule has 0 unspecified atom stereocenters. The average molecular weight is 296 g/mol. The van der Waals surface area contributed by atoms with Gasteiger partial charge in [0.2, 0.25) is 5.91 Å². The first-order chi connectivity index (χ1) is 10.3. The fraction of sp³-hybridized carbons (Fsp3) is 0.941. The quantitative estimate of drug-likeness (QED) is 0.735. The van der Waals surface area contributed by atoms with Gasteiger partial charge in [-0.2, -0.15) is 0 Å². The molecule has 21 heavy (non-hydrogen) atoms. The van der Waals surface area contributed by atoms with E-state index in [1.165, 1.54) is 64.2 Å². The normalized spacial score (nSPS) is 21.4. The number of rotatable bonds is 7. The van der Waals surface area contributed by atoms with E-state index in [1.54, 1.807) is 7.11 Å². The SMILES string of the molecule is COCCNCC(=O)N(C1CCCCC1)C1CCCCC1. The van der Waals surface area contributed by atoms with E-state index in [2.05, 4.69) is 10.2 Å². The number of hydrogen-bond acceptors (Lipinski definition) is 3. The summed E-state index contributed by atoms with van der Waals surface area (Å²) in [5.74, 6) is 0.310. The van der Waals surface area contributed by atoms with Crippen LogP contribution >= 0.6 is 0 Å². The van der Waals surface area contributed by atoms with Gasteiger partial charge in [0.1, 0.15) is 0 Å². The van der Waals surface area contributed by atoms with E-state index in [1.807, 2.05) is 0 Å². The standard InChI is InChI=1S/C17H32N2O2/c1-21-13-12-18-14-17(20)19(15-8-4-2-5-9-15)16-10-6-3-7-11-16/h15-16,18H,2-14H2,1H3. The first-order valence-corrected chi connectivity index (χ1v) is 8.83. The highest BCUT2D eigenvalue weighted by molar-refractivity contribution is 5.79. The lowest BCUT2D eigenvalue weighted by Gasteiger charge is -2.42. The Balaban J connectivity index is 1.91. The van der Waals surface area contributed by atoms with Crippen molar-refractivity contribution < 1.29 is 9.53 Å². The average Bonchev–Trinajstić information content (AvgIpc) is 2.54. The van der Waals surface area contributed by atoms with Crippen molar-refractivity contribution in [3.05, 3.63) is 0 Å². The Morgan fingerprint density at radius 3 is 2.00 bits per heavy atom. The van der Waals surface area contributed by atoms with Crippen molar-refractivity contribution in [1.29, 1.82) is 0 Å². The van der Waals surface area contributed by atoms with Crippen molar-refractivity contribution in [3.8, 4) is 0 Å². The number of carbonyl (C=O) groups excluding carboxylic acids is 1. The summed E-state index contributed by atoms with van der Waals surface area (Å²) in [6.07, 6.45) is 12.7. The summed E-state index contributed by atoms with van der Waals surface area (Å²) in [5, 5.41) is 3.23. The van der Waals surface area contributed by atoms with Crippen molar-refractivity contribution in [2.24, 2.45) is 0 Å². The number of methoxy groups -OCH3 is 1. The maximum Gasteiger partial charge on any atom is 0.237 e. The van der Waals surface area contributed by atoms with Gasteiger partial charge in [-0.15, -0.1) is 0 Å². The number of carbonyl (C=O) groups is 1. The summed E-state index contributed by atoms with van der Waals surface area (Å²) < 4.78 is 5.03. The molecule has 1 amide bonds. The number of amides is 1. The van der Waals surface area contributed by atoms with Crippen LogP contribution in [-0.4, -0.2) is 49.7 Å². The lowest BCUT2D eigenvalue weighted by Crippen LogP contribution is -2.51. The van der Waals surface area contributed by atoms with Crippen LogP contribution in [0.3, 0.4) is 0 Å². The van der Waals surface area contributed by atoms with Crippen molar-refractivity contribution in [2.45, 2.75) is 76.3 Å². The van der Waals surface area contributed by atoms with E-state index in [0.717, 1.165) is 6.54 Å². The predicted molar refractivity (Wildman–Crippen MR) is 85.3 cm³/mol. The van der Waals surface area contributed by atoms with Crippen LogP contribution in [0.4, 0.5) is 0 Å². The molecule has 1 N–H and O–H groups in total. The molecule has 122 valence electrons. The minimum Gasteiger partial charge on any atom is -0.383 e. The van der Waals surface area contributed by atoms with Crippen LogP contribution in [0.1, 0.15) is 64.2 Å². The van der Waals surface area contributed by atoms with E-state index < -0.39 is 0 Å². The molecule has 0 heterocycles. The summed E-state index contributed by atoms with van der Waals surface area (Å²) in [4.78, 5) is 15.0. The largest absolute Gasteiger partial charge is 0.383 e. The molecule has 4 nitrogen and oxygen atoms in total. The van der Waals surface area contributed by atoms with E-state index in [-0.39, 0.29) is 0 Å². The molecular weight excluding hydrogens is 264 g/mol. The lowest BCUT2D eigenvalue weighted by atomic mass is 9.88. The van der Waals surface area contributed by atoms with Crippen molar-refractivity contribution in [2.75, 3.05) is 26.8 Å². The van der Waals surface area contributed by atoms with Gasteiger partial charge in [-0.3, -0.25) is 4.79 Å². The Morgan fingerprint density at radius 2 is 1.52 bits per heavy atom. The van der Waals surface area contributed by atoms with Gasteiger partial charge in [0.05, 0.1) is 13.2 Å². The molecule has 2 aliphatic carbocycles. The van der Waals surface area contributed by atoms with E-state index >= 15 is 0 Å². The fourth-order valence-electron chi connectivity index (χ4n) is 3.88. The monoisotopic (exact) mass is 296 g/mol. The number of nitrogens with one attached hydrogen (secondary N) is 1. The van der Waals surface area contributed by atoms with Crippen molar-refractivity contribution >= 4 is 5.91 Å². The van der Waals surface area contributed by atoms with Crippen LogP contribution in [0.5, 0.6) is 0 Å². The van der Waals surface area contributed by atoms with Gasteiger partial charge >= 0.3 is 0 Å². The summed E-state index contributed by atoms with van der Waals surface area (Å²) in [6.45, 7) is 1.89. The zero-order valence-electron chi connectivity index (χ0n) is 13.6. The first kappa shape index (κ1) is 16.8. The zero-order valence-corrected chi connectivity index (χ0v) is 13.6. The Hall–Kier alpha value is -0.610. The van der Waals surface area contributed by atoms with Gasteiger partial charge in [0.25, 0.3) is 0 Å². The van der Waals surface area contributed by atoms with Crippen LogP contribution in [-0.2, 0) is 9.53 Å². The second-order valence-electron chi connectivity index (χ2n) is 6.55. The Labute approximate surface area is 129 Å². The Kier molecular flexibility index (Phi) is 7.51. The zero-order chi connectivity index (χ0) is 14.9. The van der Waals surface area contributed by atoms with Crippen molar-refractivity contribution in [1.82, 2.24) is 10.2 Å². The Bertz CT molecular complexity index is 279. The maximum atomic E-state index is 12.7. The molecule has 0 aromatic rings. The van der Waals surface area contributed by atoms with E-state index in [4.69, 9.17) is 4.74 Å². The van der Waals surface area contributed by atoms with Gasteiger partial charge in [-0.25, -0.2) is 0 Å². The molecular formula is C17H32N2O2. The molecule has 0 bridgehead atoms.